The van der Waals surface area contributed by atoms with Gasteiger partial charge in [0.1, 0.15) is 11.3 Å². The van der Waals surface area contributed by atoms with Crippen molar-refractivity contribution in [3.05, 3.63) is 78.1 Å². The van der Waals surface area contributed by atoms with Gasteiger partial charge in [0.2, 0.25) is 0 Å². The first-order chi connectivity index (χ1) is 9.28. The minimum atomic E-state index is 0.0290. The zero-order valence-electron chi connectivity index (χ0n) is 10.5. The zero-order chi connectivity index (χ0) is 13.2. The largest absolute Gasteiger partial charge is 0.456 e. The fraction of sp³-hybridized carbons (Fsp3) is 0.0588. The monoisotopic (exact) mass is 250 g/mol. The third kappa shape index (κ3) is 2.18. The van der Waals surface area contributed by atoms with Gasteiger partial charge in [0.25, 0.3) is 0 Å². The smallest absolute Gasteiger partial charge is 0.135 e. The third-order valence-electron chi connectivity index (χ3n) is 3.18. The van der Waals surface area contributed by atoms with E-state index in [2.05, 4.69) is 6.58 Å². The van der Waals surface area contributed by atoms with Crippen LogP contribution in [0.25, 0.3) is 16.5 Å². The lowest BCUT2D eigenvalue weighted by Crippen LogP contribution is -1.88. The highest BCUT2D eigenvalue weighted by atomic mass is 16.3. The molecule has 0 aliphatic carbocycles. The Morgan fingerprint density at radius 2 is 1.89 bits per heavy atom. The SMILES string of the molecule is C=C(c1cccc(CO)c1)c1cc2ccccc2o1. The summed E-state index contributed by atoms with van der Waals surface area (Å²) >= 11 is 0. The fourth-order valence-electron chi connectivity index (χ4n) is 2.13. The van der Waals surface area contributed by atoms with E-state index in [-0.39, 0.29) is 6.61 Å². The topological polar surface area (TPSA) is 33.4 Å². The summed E-state index contributed by atoms with van der Waals surface area (Å²) in [5.41, 5.74) is 3.52. The lowest BCUT2D eigenvalue weighted by Gasteiger charge is -2.04. The molecule has 1 N–H and O–H groups in total. The summed E-state index contributed by atoms with van der Waals surface area (Å²) in [4.78, 5) is 0. The van der Waals surface area contributed by atoms with E-state index in [0.29, 0.717) is 0 Å². The van der Waals surface area contributed by atoms with Crippen molar-refractivity contribution in [2.24, 2.45) is 0 Å². The van der Waals surface area contributed by atoms with Crippen LogP contribution in [0.4, 0.5) is 0 Å². The molecule has 0 radical (unpaired) electrons. The van der Waals surface area contributed by atoms with E-state index >= 15 is 0 Å². The lowest BCUT2D eigenvalue weighted by molar-refractivity contribution is 0.282. The molecule has 0 atom stereocenters. The van der Waals surface area contributed by atoms with E-state index < -0.39 is 0 Å². The maximum atomic E-state index is 9.18. The van der Waals surface area contributed by atoms with Crippen LogP contribution in [0.1, 0.15) is 16.9 Å². The van der Waals surface area contributed by atoms with Gasteiger partial charge in [-0.3, -0.25) is 0 Å². The van der Waals surface area contributed by atoms with Gasteiger partial charge < -0.3 is 9.52 Å². The zero-order valence-corrected chi connectivity index (χ0v) is 10.5. The molecule has 0 amide bonds. The molecular formula is C17H14O2. The first-order valence-electron chi connectivity index (χ1n) is 6.16. The average molecular weight is 250 g/mol. The van der Waals surface area contributed by atoms with Crippen molar-refractivity contribution in [1.82, 2.24) is 0 Å². The molecule has 0 aliphatic heterocycles. The molecule has 1 heterocycles. The summed E-state index contributed by atoms with van der Waals surface area (Å²) in [5.74, 6) is 0.760. The highest BCUT2D eigenvalue weighted by Gasteiger charge is 2.09. The minimum Gasteiger partial charge on any atom is -0.456 e. The Labute approximate surface area is 111 Å². The van der Waals surface area contributed by atoms with Crippen LogP contribution >= 0.6 is 0 Å². The second kappa shape index (κ2) is 4.75. The molecular weight excluding hydrogens is 236 g/mol. The van der Waals surface area contributed by atoms with Crippen molar-refractivity contribution in [1.29, 1.82) is 0 Å². The second-order valence-corrected chi connectivity index (χ2v) is 4.49. The van der Waals surface area contributed by atoms with E-state index in [9.17, 15) is 5.11 Å². The van der Waals surface area contributed by atoms with Crippen molar-refractivity contribution in [2.45, 2.75) is 6.61 Å². The molecule has 0 fully saturated rings. The molecule has 3 aromatic rings. The summed E-state index contributed by atoms with van der Waals surface area (Å²) in [6.07, 6.45) is 0. The number of furan rings is 1. The van der Waals surface area contributed by atoms with Gasteiger partial charge in [0.15, 0.2) is 0 Å². The Morgan fingerprint density at radius 3 is 2.68 bits per heavy atom. The van der Waals surface area contributed by atoms with E-state index in [1.54, 1.807) is 0 Å². The molecule has 19 heavy (non-hydrogen) atoms. The minimum absolute atomic E-state index is 0.0290. The van der Waals surface area contributed by atoms with E-state index in [4.69, 9.17) is 4.42 Å². The quantitative estimate of drug-likeness (QED) is 0.762. The van der Waals surface area contributed by atoms with Crippen LogP contribution in [-0.4, -0.2) is 5.11 Å². The summed E-state index contributed by atoms with van der Waals surface area (Å²) in [7, 11) is 0. The molecule has 3 rings (SSSR count). The van der Waals surface area contributed by atoms with Crippen LogP contribution in [0.15, 0.2) is 65.6 Å². The van der Waals surface area contributed by atoms with Gasteiger partial charge in [0.05, 0.1) is 6.61 Å². The predicted octanol–water partition coefficient (Wildman–Crippen LogP) is 3.99. The first kappa shape index (κ1) is 11.8. The standard InChI is InChI=1S/C17H14O2/c1-12(14-7-4-5-13(9-14)11-18)17-10-15-6-2-3-8-16(15)19-17/h2-10,18H,1,11H2. The number of fused-ring (bicyclic) bond motifs is 1. The van der Waals surface area contributed by atoms with Crippen molar-refractivity contribution in [3.63, 3.8) is 0 Å². The Morgan fingerprint density at radius 1 is 1.05 bits per heavy atom. The number of aliphatic hydroxyl groups is 1. The van der Waals surface area contributed by atoms with Crippen LogP contribution in [0.5, 0.6) is 0 Å². The maximum Gasteiger partial charge on any atom is 0.135 e. The van der Waals surface area contributed by atoms with Crippen molar-refractivity contribution in [2.75, 3.05) is 0 Å². The number of para-hydroxylation sites is 1. The van der Waals surface area contributed by atoms with Gasteiger partial charge in [-0.15, -0.1) is 0 Å². The Balaban J connectivity index is 2.02. The first-order valence-corrected chi connectivity index (χ1v) is 6.16. The number of benzene rings is 2. The molecule has 94 valence electrons. The van der Waals surface area contributed by atoms with Crippen molar-refractivity contribution >= 4 is 16.5 Å². The molecule has 2 nitrogen and oxygen atoms in total. The number of hydrogen-bond donors (Lipinski definition) is 1. The second-order valence-electron chi connectivity index (χ2n) is 4.49. The lowest BCUT2D eigenvalue weighted by atomic mass is 10.0. The molecule has 2 heteroatoms. The summed E-state index contributed by atoms with van der Waals surface area (Å²) < 4.78 is 5.80. The summed E-state index contributed by atoms with van der Waals surface area (Å²) in [6.45, 7) is 4.12. The molecule has 2 aromatic carbocycles. The van der Waals surface area contributed by atoms with Gasteiger partial charge in [-0.05, 0) is 29.3 Å². The number of aliphatic hydroxyl groups excluding tert-OH is 1. The van der Waals surface area contributed by atoms with Crippen LogP contribution < -0.4 is 0 Å². The van der Waals surface area contributed by atoms with Gasteiger partial charge in [-0.25, -0.2) is 0 Å². The average Bonchev–Trinajstić information content (AvgIpc) is 2.90. The van der Waals surface area contributed by atoms with E-state index in [0.717, 1.165) is 33.4 Å². The van der Waals surface area contributed by atoms with Crippen molar-refractivity contribution < 1.29 is 9.52 Å². The molecule has 0 saturated carbocycles. The summed E-state index contributed by atoms with van der Waals surface area (Å²) in [5, 5.41) is 10.2. The molecule has 0 aliphatic rings. The predicted molar refractivity (Wildman–Crippen MR) is 76.7 cm³/mol. The molecule has 0 unspecified atom stereocenters. The van der Waals surface area contributed by atoms with Gasteiger partial charge in [0, 0.05) is 11.0 Å². The Kier molecular flexibility index (Phi) is 2.94. The molecule has 0 bridgehead atoms. The molecule has 0 spiro atoms. The van der Waals surface area contributed by atoms with Gasteiger partial charge >= 0.3 is 0 Å². The van der Waals surface area contributed by atoms with Gasteiger partial charge in [-0.2, -0.15) is 0 Å². The highest BCUT2D eigenvalue weighted by Crippen LogP contribution is 2.28. The normalized spacial score (nSPS) is 10.8. The highest BCUT2D eigenvalue weighted by molar-refractivity contribution is 5.85. The molecule has 1 aromatic heterocycles. The maximum absolute atomic E-state index is 9.18. The molecule has 0 saturated heterocycles. The van der Waals surface area contributed by atoms with E-state index in [1.807, 2.05) is 54.6 Å². The fourth-order valence-corrected chi connectivity index (χ4v) is 2.13. The van der Waals surface area contributed by atoms with Gasteiger partial charge in [-0.1, -0.05) is 43.0 Å². The van der Waals surface area contributed by atoms with Crippen LogP contribution in [0.2, 0.25) is 0 Å². The number of rotatable bonds is 3. The van der Waals surface area contributed by atoms with Crippen molar-refractivity contribution in [3.8, 4) is 0 Å². The van der Waals surface area contributed by atoms with E-state index in [1.165, 1.54) is 0 Å². The van der Waals surface area contributed by atoms with Crippen LogP contribution in [0, 0.1) is 0 Å². The van der Waals surface area contributed by atoms with Crippen LogP contribution in [-0.2, 0) is 6.61 Å². The Hall–Kier alpha value is -2.32. The van der Waals surface area contributed by atoms with Crippen LogP contribution in [0.3, 0.4) is 0 Å². The Bertz CT molecular complexity index is 705. The number of hydrogen-bond acceptors (Lipinski definition) is 2. The summed E-state index contributed by atoms with van der Waals surface area (Å²) in [6, 6.07) is 17.6. The third-order valence-corrected chi connectivity index (χ3v) is 3.18.